The summed E-state index contributed by atoms with van der Waals surface area (Å²) in [5.74, 6) is 0. The van der Waals surface area contributed by atoms with E-state index in [9.17, 15) is 0 Å². The Balaban J connectivity index is 3.03. The first-order valence-corrected chi connectivity index (χ1v) is 4.72. The summed E-state index contributed by atoms with van der Waals surface area (Å²) in [6, 6.07) is 0.456. The molecule has 0 aliphatic carbocycles. The minimum absolute atomic E-state index is 0.0965. The molecule has 4 heteroatoms. The van der Waals surface area contributed by atoms with Gasteiger partial charge in [0, 0.05) is 26.3 Å². The standard InChI is InChI=1S/C9H21NO3/c1-9(3-6-12-2)10-4-7-13-8-5-11/h9-11H,3-8H2,1-2H3. The number of hydrogen-bond donors (Lipinski definition) is 2. The zero-order chi connectivity index (χ0) is 9.94. The first-order chi connectivity index (χ1) is 6.31. The minimum atomic E-state index is 0.0965. The quantitative estimate of drug-likeness (QED) is 0.504. The van der Waals surface area contributed by atoms with Gasteiger partial charge >= 0.3 is 0 Å². The van der Waals surface area contributed by atoms with E-state index in [4.69, 9.17) is 14.6 Å². The van der Waals surface area contributed by atoms with Crippen LogP contribution in [0, 0.1) is 0 Å². The van der Waals surface area contributed by atoms with Crippen molar-refractivity contribution in [3.05, 3.63) is 0 Å². The van der Waals surface area contributed by atoms with E-state index in [1.54, 1.807) is 7.11 Å². The third-order valence-electron chi connectivity index (χ3n) is 1.73. The number of aliphatic hydroxyl groups is 1. The van der Waals surface area contributed by atoms with E-state index in [0.29, 0.717) is 19.3 Å². The van der Waals surface area contributed by atoms with Gasteiger partial charge in [-0.05, 0) is 13.3 Å². The van der Waals surface area contributed by atoms with Crippen LogP contribution in [-0.4, -0.2) is 51.2 Å². The lowest BCUT2D eigenvalue weighted by atomic mass is 10.2. The molecule has 0 saturated heterocycles. The van der Waals surface area contributed by atoms with Crippen molar-refractivity contribution in [2.75, 3.05) is 40.1 Å². The van der Waals surface area contributed by atoms with Crippen LogP contribution < -0.4 is 5.32 Å². The first kappa shape index (κ1) is 12.8. The topological polar surface area (TPSA) is 50.7 Å². The van der Waals surface area contributed by atoms with Gasteiger partial charge in [0.15, 0.2) is 0 Å². The van der Waals surface area contributed by atoms with Crippen molar-refractivity contribution >= 4 is 0 Å². The second-order valence-electron chi connectivity index (χ2n) is 2.97. The Bertz CT molecular complexity index is 101. The Morgan fingerprint density at radius 1 is 1.31 bits per heavy atom. The fourth-order valence-corrected chi connectivity index (χ4v) is 0.941. The predicted molar refractivity (Wildman–Crippen MR) is 51.9 cm³/mol. The van der Waals surface area contributed by atoms with Crippen molar-refractivity contribution in [1.29, 1.82) is 0 Å². The van der Waals surface area contributed by atoms with Crippen molar-refractivity contribution in [3.63, 3.8) is 0 Å². The van der Waals surface area contributed by atoms with E-state index in [1.165, 1.54) is 0 Å². The summed E-state index contributed by atoms with van der Waals surface area (Å²) in [4.78, 5) is 0. The molecule has 0 aromatic heterocycles. The fourth-order valence-electron chi connectivity index (χ4n) is 0.941. The monoisotopic (exact) mass is 191 g/mol. The van der Waals surface area contributed by atoms with Gasteiger partial charge in [0.1, 0.15) is 0 Å². The molecular formula is C9H21NO3. The molecule has 0 saturated carbocycles. The molecule has 0 aliphatic heterocycles. The van der Waals surface area contributed by atoms with E-state index in [2.05, 4.69) is 12.2 Å². The Morgan fingerprint density at radius 2 is 2.08 bits per heavy atom. The summed E-state index contributed by atoms with van der Waals surface area (Å²) in [7, 11) is 1.71. The maximum Gasteiger partial charge on any atom is 0.0698 e. The molecule has 0 fully saturated rings. The van der Waals surface area contributed by atoms with Crippen LogP contribution in [0.25, 0.3) is 0 Å². The lowest BCUT2D eigenvalue weighted by Gasteiger charge is -2.12. The molecule has 80 valence electrons. The number of hydrogen-bond acceptors (Lipinski definition) is 4. The van der Waals surface area contributed by atoms with Gasteiger partial charge in [-0.25, -0.2) is 0 Å². The maximum atomic E-state index is 8.43. The Hall–Kier alpha value is -0.160. The minimum Gasteiger partial charge on any atom is -0.394 e. The van der Waals surface area contributed by atoms with Gasteiger partial charge in [-0.1, -0.05) is 0 Å². The Labute approximate surface area is 80.2 Å². The molecule has 1 unspecified atom stereocenters. The normalized spacial score (nSPS) is 13.2. The lowest BCUT2D eigenvalue weighted by Crippen LogP contribution is -2.30. The van der Waals surface area contributed by atoms with Gasteiger partial charge in [-0.3, -0.25) is 0 Å². The molecule has 0 aromatic carbocycles. The molecule has 1 atom stereocenters. The highest BCUT2D eigenvalue weighted by molar-refractivity contribution is 4.58. The van der Waals surface area contributed by atoms with E-state index >= 15 is 0 Å². The van der Waals surface area contributed by atoms with Crippen LogP contribution in [0.2, 0.25) is 0 Å². The highest BCUT2D eigenvalue weighted by atomic mass is 16.5. The van der Waals surface area contributed by atoms with Crippen LogP contribution in [0.15, 0.2) is 0 Å². The van der Waals surface area contributed by atoms with Crippen LogP contribution in [0.4, 0.5) is 0 Å². The van der Waals surface area contributed by atoms with Gasteiger partial charge in [0.2, 0.25) is 0 Å². The summed E-state index contributed by atoms with van der Waals surface area (Å²) in [6.45, 7) is 4.90. The van der Waals surface area contributed by atoms with Crippen molar-refractivity contribution in [2.24, 2.45) is 0 Å². The average Bonchev–Trinajstić information content (AvgIpc) is 2.14. The molecule has 0 heterocycles. The molecule has 0 aromatic rings. The molecular weight excluding hydrogens is 170 g/mol. The third-order valence-corrected chi connectivity index (χ3v) is 1.73. The van der Waals surface area contributed by atoms with E-state index in [1.807, 2.05) is 0 Å². The average molecular weight is 191 g/mol. The fraction of sp³-hybridized carbons (Fsp3) is 1.00. The third kappa shape index (κ3) is 9.76. The number of rotatable bonds is 9. The van der Waals surface area contributed by atoms with E-state index in [-0.39, 0.29) is 6.61 Å². The van der Waals surface area contributed by atoms with Crippen molar-refractivity contribution in [3.8, 4) is 0 Å². The number of ether oxygens (including phenoxy) is 2. The smallest absolute Gasteiger partial charge is 0.0698 e. The SMILES string of the molecule is COCCC(C)NCCOCCO. The first-order valence-electron chi connectivity index (χ1n) is 4.72. The largest absolute Gasteiger partial charge is 0.394 e. The van der Waals surface area contributed by atoms with E-state index in [0.717, 1.165) is 19.6 Å². The second-order valence-corrected chi connectivity index (χ2v) is 2.97. The van der Waals surface area contributed by atoms with Crippen LogP contribution in [0.1, 0.15) is 13.3 Å². The molecule has 0 rings (SSSR count). The molecule has 0 radical (unpaired) electrons. The predicted octanol–water partition coefficient (Wildman–Crippen LogP) is 0.00990. The van der Waals surface area contributed by atoms with Crippen LogP contribution in [0.3, 0.4) is 0 Å². The highest BCUT2D eigenvalue weighted by Crippen LogP contribution is 1.89. The number of nitrogens with one attached hydrogen (secondary N) is 1. The summed E-state index contributed by atoms with van der Waals surface area (Å²) in [5.41, 5.74) is 0. The molecule has 0 spiro atoms. The molecule has 4 nitrogen and oxygen atoms in total. The van der Waals surface area contributed by atoms with Gasteiger partial charge in [0.25, 0.3) is 0 Å². The van der Waals surface area contributed by atoms with Crippen LogP contribution in [0.5, 0.6) is 0 Å². The maximum absolute atomic E-state index is 8.43. The van der Waals surface area contributed by atoms with E-state index < -0.39 is 0 Å². The Kier molecular flexibility index (Phi) is 9.80. The summed E-state index contributed by atoms with van der Waals surface area (Å²) in [5, 5.41) is 11.7. The zero-order valence-electron chi connectivity index (χ0n) is 8.58. The zero-order valence-corrected chi connectivity index (χ0v) is 8.58. The van der Waals surface area contributed by atoms with Crippen molar-refractivity contribution in [1.82, 2.24) is 5.32 Å². The number of methoxy groups -OCH3 is 1. The highest BCUT2D eigenvalue weighted by Gasteiger charge is 1.99. The summed E-state index contributed by atoms with van der Waals surface area (Å²) in [6.07, 6.45) is 1.01. The molecule has 0 amide bonds. The number of aliphatic hydroxyl groups excluding tert-OH is 1. The molecule has 2 N–H and O–H groups in total. The molecule has 0 bridgehead atoms. The summed E-state index contributed by atoms with van der Waals surface area (Å²) >= 11 is 0. The summed E-state index contributed by atoms with van der Waals surface area (Å²) < 4.78 is 10.0. The molecule has 0 aliphatic rings. The van der Waals surface area contributed by atoms with Crippen LogP contribution in [-0.2, 0) is 9.47 Å². The van der Waals surface area contributed by atoms with Gasteiger partial charge in [-0.15, -0.1) is 0 Å². The van der Waals surface area contributed by atoms with Gasteiger partial charge in [-0.2, -0.15) is 0 Å². The van der Waals surface area contributed by atoms with Gasteiger partial charge in [0.05, 0.1) is 19.8 Å². The second kappa shape index (κ2) is 9.92. The molecule has 13 heavy (non-hydrogen) atoms. The van der Waals surface area contributed by atoms with Crippen molar-refractivity contribution < 1.29 is 14.6 Å². The lowest BCUT2D eigenvalue weighted by molar-refractivity contribution is 0.0919. The Morgan fingerprint density at radius 3 is 2.69 bits per heavy atom. The van der Waals surface area contributed by atoms with Crippen molar-refractivity contribution in [2.45, 2.75) is 19.4 Å². The van der Waals surface area contributed by atoms with Crippen LogP contribution >= 0.6 is 0 Å². The van der Waals surface area contributed by atoms with Gasteiger partial charge < -0.3 is 19.9 Å².